The second-order valence-corrected chi connectivity index (χ2v) is 8.55. The Labute approximate surface area is 174 Å². The summed E-state index contributed by atoms with van der Waals surface area (Å²) in [5.74, 6) is 0. The standard InChI is InChI=1S/C19H13N9O2S/c29-31(30,19-10-21-18-2-1-12(11-27(18)19)14-5-22-23-6-14)28-17-3-13(15-7-24-25-8-15)4-20-16(17)9-26-28/h1-11H,(H,22,23)(H,24,25). The minimum Gasteiger partial charge on any atom is -0.288 e. The van der Waals surface area contributed by atoms with Crippen LogP contribution >= 0.6 is 0 Å². The highest BCUT2D eigenvalue weighted by Gasteiger charge is 2.25. The molecule has 11 nitrogen and oxygen atoms in total. The molecule has 0 spiro atoms. The first-order chi connectivity index (χ1) is 15.1. The Hall–Kier alpha value is -4.32. The van der Waals surface area contributed by atoms with Crippen LogP contribution in [0.2, 0.25) is 0 Å². The van der Waals surface area contributed by atoms with Gasteiger partial charge in [-0.25, -0.2) is 4.98 Å². The van der Waals surface area contributed by atoms with E-state index in [2.05, 4.69) is 35.5 Å². The summed E-state index contributed by atoms with van der Waals surface area (Å²) < 4.78 is 29.6. The number of imidazole rings is 1. The molecule has 6 aromatic heterocycles. The molecule has 0 aliphatic carbocycles. The number of nitrogens with one attached hydrogen (secondary N) is 2. The van der Waals surface area contributed by atoms with Gasteiger partial charge in [0.05, 0.1) is 24.8 Å². The number of hydrogen-bond acceptors (Lipinski definition) is 7. The van der Waals surface area contributed by atoms with Gasteiger partial charge in [0.2, 0.25) is 0 Å². The van der Waals surface area contributed by atoms with Gasteiger partial charge in [0.1, 0.15) is 16.7 Å². The first kappa shape index (κ1) is 17.5. The monoisotopic (exact) mass is 431 g/mol. The van der Waals surface area contributed by atoms with Crippen molar-refractivity contribution in [3.8, 4) is 22.3 Å². The number of aromatic amines is 2. The maximum atomic E-state index is 13.6. The van der Waals surface area contributed by atoms with Crippen LogP contribution in [0.4, 0.5) is 0 Å². The van der Waals surface area contributed by atoms with E-state index in [4.69, 9.17) is 0 Å². The first-order valence-electron chi connectivity index (χ1n) is 9.16. The smallest absolute Gasteiger partial charge is 0.288 e. The maximum absolute atomic E-state index is 13.6. The van der Waals surface area contributed by atoms with E-state index in [1.807, 2.05) is 6.07 Å². The molecule has 0 saturated carbocycles. The Morgan fingerprint density at radius 3 is 2.32 bits per heavy atom. The van der Waals surface area contributed by atoms with Crippen molar-refractivity contribution >= 4 is 26.7 Å². The van der Waals surface area contributed by atoms with Gasteiger partial charge < -0.3 is 0 Å². The van der Waals surface area contributed by atoms with Gasteiger partial charge in [0, 0.05) is 47.0 Å². The van der Waals surface area contributed by atoms with Crippen LogP contribution in [-0.2, 0) is 10.0 Å². The molecule has 0 radical (unpaired) electrons. The molecule has 0 aliphatic rings. The van der Waals surface area contributed by atoms with E-state index in [0.29, 0.717) is 16.7 Å². The zero-order chi connectivity index (χ0) is 21.0. The van der Waals surface area contributed by atoms with Crippen molar-refractivity contribution < 1.29 is 8.42 Å². The Balaban J connectivity index is 1.53. The lowest BCUT2D eigenvalue weighted by molar-refractivity contribution is 0.577. The van der Waals surface area contributed by atoms with E-state index in [0.717, 1.165) is 26.3 Å². The predicted octanol–water partition coefficient (Wildman–Crippen LogP) is 2.10. The maximum Gasteiger partial charge on any atom is 0.301 e. The quantitative estimate of drug-likeness (QED) is 0.436. The molecule has 0 aliphatic heterocycles. The highest BCUT2D eigenvalue weighted by atomic mass is 32.2. The van der Waals surface area contributed by atoms with Crippen molar-refractivity contribution in [2.24, 2.45) is 0 Å². The fraction of sp³-hybridized carbons (Fsp3) is 0. The van der Waals surface area contributed by atoms with Crippen LogP contribution < -0.4 is 0 Å². The van der Waals surface area contributed by atoms with Gasteiger partial charge >= 0.3 is 10.0 Å². The molecule has 6 aromatic rings. The minimum atomic E-state index is -4.06. The SMILES string of the molecule is O=S(=O)(c1cnc2ccc(-c3cn[nH]c3)cn12)n1ncc2ncc(-c3cn[nH]c3)cc21. The molecule has 12 heteroatoms. The average molecular weight is 431 g/mol. The molecule has 152 valence electrons. The number of pyridine rings is 2. The van der Waals surface area contributed by atoms with Gasteiger partial charge in [-0.2, -0.15) is 27.8 Å². The third kappa shape index (κ3) is 2.65. The van der Waals surface area contributed by atoms with E-state index in [-0.39, 0.29) is 5.03 Å². The fourth-order valence-electron chi connectivity index (χ4n) is 3.46. The lowest BCUT2D eigenvalue weighted by Crippen LogP contribution is -2.16. The summed E-state index contributed by atoms with van der Waals surface area (Å²) in [6, 6.07) is 5.33. The molecule has 0 saturated heterocycles. The third-order valence-corrected chi connectivity index (χ3v) is 6.59. The number of hydrogen-bond donors (Lipinski definition) is 2. The first-order valence-corrected chi connectivity index (χ1v) is 10.6. The molecule has 6 heterocycles. The van der Waals surface area contributed by atoms with E-state index in [1.54, 1.807) is 49.3 Å². The Morgan fingerprint density at radius 2 is 1.58 bits per heavy atom. The van der Waals surface area contributed by atoms with Gasteiger partial charge in [-0.05, 0) is 18.2 Å². The number of fused-ring (bicyclic) bond motifs is 2. The summed E-state index contributed by atoms with van der Waals surface area (Å²) in [7, 11) is -4.06. The zero-order valence-electron chi connectivity index (χ0n) is 15.7. The van der Waals surface area contributed by atoms with Crippen LogP contribution in [-0.4, -0.2) is 52.4 Å². The van der Waals surface area contributed by atoms with E-state index < -0.39 is 10.0 Å². The third-order valence-electron chi connectivity index (χ3n) is 5.02. The zero-order valence-corrected chi connectivity index (χ0v) is 16.5. The molecule has 0 amide bonds. The Bertz CT molecular complexity index is 1530. The second kappa shape index (κ2) is 6.34. The number of nitrogens with zero attached hydrogens (tertiary/aromatic N) is 7. The summed E-state index contributed by atoms with van der Waals surface area (Å²) in [6.07, 6.45) is 12.8. The largest absolute Gasteiger partial charge is 0.301 e. The van der Waals surface area contributed by atoms with Crippen molar-refractivity contribution in [1.29, 1.82) is 0 Å². The van der Waals surface area contributed by atoms with Gasteiger partial charge in [-0.3, -0.25) is 19.6 Å². The lowest BCUT2D eigenvalue weighted by Gasteiger charge is -2.07. The van der Waals surface area contributed by atoms with Crippen LogP contribution in [0.25, 0.3) is 38.9 Å². The lowest BCUT2D eigenvalue weighted by atomic mass is 10.1. The van der Waals surface area contributed by atoms with Gasteiger partial charge in [-0.1, -0.05) is 0 Å². The van der Waals surface area contributed by atoms with Crippen LogP contribution in [0.3, 0.4) is 0 Å². The van der Waals surface area contributed by atoms with Gasteiger partial charge in [0.15, 0.2) is 5.03 Å². The van der Waals surface area contributed by atoms with E-state index >= 15 is 0 Å². The van der Waals surface area contributed by atoms with E-state index in [1.165, 1.54) is 16.8 Å². The topological polar surface area (TPSA) is 140 Å². The molecule has 0 unspecified atom stereocenters. The van der Waals surface area contributed by atoms with Crippen molar-refractivity contribution in [1.82, 2.24) is 43.9 Å². The average Bonchev–Trinajstić information content (AvgIpc) is 3.58. The summed E-state index contributed by atoms with van der Waals surface area (Å²) in [4.78, 5) is 8.59. The van der Waals surface area contributed by atoms with Crippen LogP contribution in [0.1, 0.15) is 0 Å². The Morgan fingerprint density at radius 1 is 0.806 bits per heavy atom. The molecule has 0 fully saturated rings. The van der Waals surface area contributed by atoms with Crippen molar-refractivity contribution in [3.63, 3.8) is 0 Å². The van der Waals surface area contributed by atoms with Gasteiger partial charge in [0.25, 0.3) is 0 Å². The number of H-pyrrole nitrogens is 2. The van der Waals surface area contributed by atoms with Crippen molar-refractivity contribution in [2.75, 3.05) is 0 Å². The van der Waals surface area contributed by atoms with Crippen molar-refractivity contribution in [3.05, 3.63) is 67.8 Å². The molecule has 31 heavy (non-hydrogen) atoms. The predicted molar refractivity (Wildman–Crippen MR) is 110 cm³/mol. The summed E-state index contributed by atoms with van der Waals surface area (Å²) in [5, 5.41) is 17.5. The van der Waals surface area contributed by atoms with Gasteiger partial charge in [-0.15, -0.1) is 0 Å². The Kier molecular flexibility index (Phi) is 3.58. The minimum absolute atomic E-state index is 0.00782. The second-order valence-electron chi connectivity index (χ2n) is 6.84. The normalized spacial score (nSPS) is 12.1. The highest BCUT2D eigenvalue weighted by molar-refractivity contribution is 7.90. The molecule has 0 atom stereocenters. The molecule has 2 N–H and O–H groups in total. The fourth-order valence-corrected chi connectivity index (χ4v) is 4.80. The summed E-state index contributed by atoms with van der Waals surface area (Å²) in [5.41, 5.74) is 4.46. The number of aromatic nitrogens is 9. The van der Waals surface area contributed by atoms with E-state index in [9.17, 15) is 8.42 Å². The van der Waals surface area contributed by atoms with Crippen molar-refractivity contribution in [2.45, 2.75) is 5.03 Å². The summed E-state index contributed by atoms with van der Waals surface area (Å²) in [6.45, 7) is 0. The summed E-state index contributed by atoms with van der Waals surface area (Å²) >= 11 is 0. The molecule has 6 rings (SSSR count). The molecule has 0 bridgehead atoms. The van der Waals surface area contributed by atoms with Crippen LogP contribution in [0.15, 0.2) is 72.8 Å². The van der Waals surface area contributed by atoms with Crippen LogP contribution in [0.5, 0.6) is 0 Å². The highest BCUT2D eigenvalue weighted by Crippen LogP contribution is 2.26. The molecular weight excluding hydrogens is 418 g/mol. The number of rotatable bonds is 4. The molecule has 0 aromatic carbocycles. The van der Waals surface area contributed by atoms with Crippen LogP contribution in [0, 0.1) is 0 Å². The molecular formula is C19H13N9O2S.